The average Bonchev–Trinajstić information content (AvgIpc) is 2.61. The molecule has 6 nitrogen and oxygen atoms in total. The third-order valence-electron chi connectivity index (χ3n) is 4.20. The molecular formula is C19H23F2N3O3. The van der Waals surface area contributed by atoms with E-state index in [1.54, 1.807) is 11.9 Å². The molecule has 0 aliphatic heterocycles. The minimum absolute atomic E-state index is 0.0399. The predicted octanol–water partition coefficient (Wildman–Crippen LogP) is 2.87. The largest absolute Gasteiger partial charge is 0.465 e. The van der Waals surface area contributed by atoms with Gasteiger partial charge in [0.15, 0.2) is 0 Å². The smallest absolute Gasteiger partial charge is 0.404 e. The Morgan fingerprint density at radius 1 is 1.30 bits per heavy atom. The lowest BCUT2D eigenvalue weighted by molar-refractivity contribution is 0.0171. The van der Waals surface area contributed by atoms with Crippen molar-refractivity contribution in [2.75, 3.05) is 18.5 Å². The van der Waals surface area contributed by atoms with Crippen molar-refractivity contribution in [1.82, 2.24) is 10.3 Å². The molecule has 0 unspecified atom stereocenters. The van der Waals surface area contributed by atoms with E-state index in [1.165, 1.54) is 12.3 Å². The van der Waals surface area contributed by atoms with Crippen LogP contribution in [0.2, 0.25) is 0 Å². The van der Waals surface area contributed by atoms with Gasteiger partial charge < -0.3 is 20.4 Å². The number of aromatic nitrogens is 1. The van der Waals surface area contributed by atoms with Gasteiger partial charge in [-0.25, -0.2) is 13.6 Å². The van der Waals surface area contributed by atoms with Gasteiger partial charge >= 0.3 is 6.09 Å². The lowest BCUT2D eigenvalue weighted by atomic mass is 10.0. The minimum atomic E-state index is -3.02. The molecule has 1 heterocycles. The van der Waals surface area contributed by atoms with E-state index in [1.807, 2.05) is 30.3 Å². The number of pyridine rings is 1. The van der Waals surface area contributed by atoms with Gasteiger partial charge in [0.25, 0.3) is 5.92 Å². The molecule has 0 bridgehead atoms. The van der Waals surface area contributed by atoms with Crippen molar-refractivity contribution in [3.63, 3.8) is 0 Å². The molecule has 0 aliphatic rings. The van der Waals surface area contributed by atoms with E-state index in [9.17, 15) is 18.7 Å². The molecule has 8 heteroatoms. The van der Waals surface area contributed by atoms with Crippen LogP contribution in [0.25, 0.3) is 0 Å². The average molecular weight is 379 g/mol. The van der Waals surface area contributed by atoms with E-state index < -0.39 is 24.2 Å². The van der Waals surface area contributed by atoms with Crippen LogP contribution < -0.4 is 10.2 Å². The molecular weight excluding hydrogens is 356 g/mol. The monoisotopic (exact) mass is 379 g/mol. The number of halogens is 2. The Morgan fingerprint density at radius 2 is 1.96 bits per heavy atom. The van der Waals surface area contributed by atoms with Gasteiger partial charge in [0.05, 0.1) is 24.0 Å². The molecule has 146 valence electrons. The lowest BCUT2D eigenvalue weighted by Crippen LogP contribution is -2.48. The second kappa shape index (κ2) is 8.77. The molecule has 27 heavy (non-hydrogen) atoms. The normalized spacial score (nSPS) is 13.7. The molecule has 1 amide bonds. The number of aliphatic hydroxyl groups excluding tert-OH is 1. The summed E-state index contributed by atoms with van der Waals surface area (Å²) < 4.78 is 27.0. The van der Waals surface area contributed by atoms with Crippen LogP contribution in [-0.2, 0) is 12.3 Å². The van der Waals surface area contributed by atoms with Crippen LogP contribution in [0.4, 0.5) is 19.3 Å². The number of likely N-dealkylation sites (N-methyl/N-ethyl adjacent to an activating group) is 1. The fourth-order valence-electron chi connectivity index (χ4n) is 2.70. The van der Waals surface area contributed by atoms with Crippen LogP contribution >= 0.6 is 0 Å². The number of carbonyl (C=O) groups is 1. The van der Waals surface area contributed by atoms with Crippen LogP contribution in [0.1, 0.15) is 18.1 Å². The zero-order valence-electron chi connectivity index (χ0n) is 15.1. The van der Waals surface area contributed by atoms with Crippen molar-refractivity contribution < 1.29 is 23.8 Å². The van der Waals surface area contributed by atoms with Gasteiger partial charge in [-0.1, -0.05) is 30.3 Å². The maximum Gasteiger partial charge on any atom is 0.404 e. The highest BCUT2D eigenvalue weighted by Gasteiger charge is 2.27. The molecule has 0 radical (unpaired) electrons. The van der Waals surface area contributed by atoms with E-state index in [0.717, 1.165) is 18.7 Å². The van der Waals surface area contributed by atoms with Crippen molar-refractivity contribution >= 4 is 11.8 Å². The van der Waals surface area contributed by atoms with Gasteiger partial charge in [0.1, 0.15) is 0 Å². The zero-order valence-corrected chi connectivity index (χ0v) is 15.1. The number of rotatable bonds is 8. The summed E-state index contributed by atoms with van der Waals surface area (Å²) >= 11 is 0. The van der Waals surface area contributed by atoms with Gasteiger partial charge in [0.2, 0.25) is 0 Å². The second-order valence-electron chi connectivity index (χ2n) is 6.51. The maximum atomic E-state index is 13.5. The van der Waals surface area contributed by atoms with Crippen LogP contribution in [0.3, 0.4) is 0 Å². The number of nitrogens with one attached hydrogen (secondary N) is 1. The SMILES string of the molecule is CN(C[C@@H](O)[C@H](Cc1ccccc1)NC(=O)O)c1cncc(C(C)(F)F)c1. The topological polar surface area (TPSA) is 85.7 Å². The molecule has 0 saturated heterocycles. The maximum absolute atomic E-state index is 13.5. The Hall–Kier alpha value is -2.74. The van der Waals surface area contributed by atoms with E-state index >= 15 is 0 Å². The molecule has 0 saturated carbocycles. The van der Waals surface area contributed by atoms with Crippen molar-refractivity contribution in [2.45, 2.75) is 31.4 Å². The summed E-state index contributed by atoms with van der Waals surface area (Å²) in [5, 5.41) is 21.9. The molecule has 1 aromatic heterocycles. The lowest BCUT2D eigenvalue weighted by Gasteiger charge is -2.28. The first-order valence-electron chi connectivity index (χ1n) is 8.42. The molecule has 0 spiro atoms. The molecule has 2 aromatic rings. The summed E-state index contributed by atoms with van der Waals surface area (Å²) in [5.41, 5.74) is 1.04. The number of benzene rings is 1. The van der Waals surface area contributed by atoms with Crippen LogP contribution in [0.15, 0.2) is 48.8 Å². The number of carboxylic acid groups (broad SMARTS) is 1. The Kier molecular flexibility index (Phi) is 6.68. The van der Waals surface area contributed by atoms with E-state index in [2.05, 4.69) is 10.3 Å². The third kappa shape index (κ3) is 6.18. The van der Waals surface area contributed by atoms with E-state index in [0.29, 0.717) is 12.1 Å². The quantitative estimate of drug-likeness (QED) is 0.657. The summed E-state index contributed by atoms with van der Waals surface area (Å²) in [6.07, 6.45) is 0.508. The zero-order chi connectivity index (χ0) is 20.0. The number of nitrogens with zero attached hydrogens (tertiary/aromatic N) is 2. The highest BCUT2D eigenvalue weighted by molar-refractivity contribution is 5.65. The highest BCUT2D eigenvalue weighted by Crippen LogP contribution is 2.28. The Bertz CT molecular complexity index is 753. The van der Waals surface area contributed by atoms with Crippen LogP contribution in [0.5, 0.6) is 0 Å². The molecule has 1 aromatic carbocycles. The number of hydrogen-bond acceptors (Lipinski definition) is 4. The first-order valence-corrected chi connectivity index (χ1v) is 8.42. The van der Waals surface area contributed by atoms with Crippen LogP contribution in [0, 0.1) is 0 Å². The summed E-state index contributed by atoms with van der Waals surface area (Å²) in [7, 11) is 1.62. The van der Waals surface area contributed by atoms with Crippen molar-refractivity contribution in [3.8, 4) is 0 Å². The molecule has 3 N–H and O–H groups in total. The summed E-state index contributed by atoms with van der Waals surface area (Å²) in [6.45, 7) is 0.827. The summed E-state index contributed by atoms with van der Waals surface area (Å²) in [5.74, 6) is -3.02. The molecule has 2 rings (SSSR count). The van der Waals surface area contributed by atoms with Gasteiger partial charge in [-0.15, -0.1) is 0 Å². The number of aliphatic hydroxyl groups is 1. The third-order valence-corrected chi connectivity index (χ3v) is 4.20. The van der Waals surface area contributed by atoms with E-state index in [4.69, 9.17) is 5.11 Å². The fourth-order valence-corrected chi connectivity index (χ4v) is 2.70. The van der Waals surface area contributed by atoms with E-state index in [-0.39, 0.29) is 12.1 Å². The molecule has 0 fully saturated rings. The minimum Gasteiger partial charge on any atom is -0.465 e. The fraction of sp³-hybridized carbons (Fsp3) is 0.368. The van der Waals surface area contributed by atoms with Gasteiger partial charge in [-0.2, -0.15) is 0 Å². The van der Waals surface area contributed by atoms with Crippen molar-refractivity contribution in [3.05, 3.63) is 59.9 Å². The predicted molar refractivity (Wildman–Crippen MR) is 98.2 cm³/mol. The number of amides is 1. The van der Waals surface area contributed by atoms with Gasteiger partial charge in [-0.05, 0) is 18.1 Å². The van der Waals surface area contributed by atoms with Gasteiger partial charge in [0, 0.05) is 32.3 Å². The first kappa shape index (κ1) is 20.6. The first-order chi connectivity index (χ1) is 12.7. The Morgan fingerprint density at radius 3 is 2.56 bits per heavy atom. The Labute approximate surface area is 156 Å². The highest BCUT2D eigenvalue weighted by atomic mass is 19.3. The second-order valence-corrected chi connectivity index (χ2v) is 6.51. The standard InChI is InChI=1S/C19H23F2N3O3/c1-19(20,21)14-9-15(11-22-10-14)24(2)12-17(25)16(23-18(26)27)8-13-6-4-3-5-7-13/h3-7,9-11,16-17,23,25H,8,12H2,1-2H3,(H,26,27)/t16-,17+/m0/s1. The molecule has 2 atom stereocenters. The Balaban J connectivity index is 2.11. The van der Waals surface area contributed by atoms with Crippen molar-refractivity contribution in [1.29, 1.82) is 0 Å². The summed E-state index contributed by atoms with van der Waals surface area (Å²) in [6, 6.07) is 9.72. The number of hydrogen-bond donors (Lipinski definition) is 3. The van der Waals surface area contributed by atoms with Crippen molar-refractivity contribution in [2.24, 2.45) is 0 Å². The summed E-state index contributed by atoms with van der Waals surface area (Å²) in [4.78, 5) is 16.5. The van der Waals surface area contributed by atoms with Gasteiger partial charge in [-0.3, -0.25) is 4.98 Å². The number of anilines is 1. The molecule has 0 aliphatic carbocycles. The van der Waals surface area contributed by atoms with Crippen LogP contribution in [-0.4, -0.2) is 47.0 Å². The number of alkyl halides is 2.